The van der Waals surface area contributed by atoms with Crippen LogP contribution in [-0.4, -0.2) is 23.5 Å². The lowest BCUT2D eigenvalue weighted by molar-refractivity contribution is -0.238. The zero-order chi connectivity index (χ0) is 14.6. The fourth-order valence-corrected chi connectivity index (χ4v) is 1.63. The van der Waals surface area contributed by atoms with Gasteiger partial charge >= 0.3 is 11.9 Å². The van der Waals surface area contributed by atoms with Gasteiger partial charge in [-0.3, -0.25) is 14.4 Å². The van der Waals surface area contributed by atoms with Crippen molar-refractivity contribution < 1.29 is 23.9 Å². The van der Waals surface area contributed by atoms with Crippen molar-refractivity contribution in [3.05, 3.63) is 11.6 Å². The van der Waals surface area contributed by atoms with Crippen molar-refractivity contribution in [2.24, 2.45) is 5.92 Å². The maximum absolute atomic E-state index is 12.0. The standard InChI is InChI=1S/C14H16O5/c1-5-6-7-8-9(2)11(15)10-12(16)18-14(3,4)19-13(10)17/h1,8,10H,6-7H2,2-4H3/b9-8+. The molecule has 1 aliphatic heterocycles. The molecule has 5 heteroatoms. The first-order chi connectivity index (χ1) is 8.78. The third kappa shape index (κ3) is 3.68. The molecular formula is C14H16O5. The predicted octanol–water partition coefficient (Wildman–Crippen LogP) is 1.37. The Morgan fingerprint density at radius 2 is 1.89 bits per heavy atom. The average molecular weight is 264 g/mol. The summed E-state index contributed by atoms with van der Waals surface area (Å²) in [4.78, 5) is 35.4. The molecular weight excluding hydrogens is 248 g/mol. The lowest BCUT2D eigenvalue weighted by atomic mass is 9.96. The summed E-state index contributed by atoms with van der Waals surface area (Å²) in [7, 11) is 0. The van der Waals surface area contributed by atoms with Crippen LogP contribution in [0.1, 0.15) is 33.6 Å². The first kappa shape index (κ1) is 15.0. The Kier molecular flexibility index (Phi) is 4.49. The molecule has 1 heterocycles. The van der Waals surface area contributed by atoms with Crippen molar-refractivity contribution in [2.75, 3.05) is 0 Å². The van der Waals surface area contributed by atoms with E-state index >= 15 is 0 Å². The number of hydrogen-bond acceptors (Lipinski definition) is 5. The second-order valence-corrected chi connectivity index (χ2v) is 4.67. The van der Waals surface area contributed by atoms with Crippen LogP contribution < -0.4 is 0 Å². The molecule has 0 atom stereocenters. The second-order valence-electron chi connectivity index (χ2n) is 4.67. The van der Waals surface area contributed by atoms with E-state index in [-0.39, 0.29) is 0 Å². The molecule has 0 aromatic rings. The van der Waals surface area contributed by atoms with Gasteiger partial charge in [0.05, 0.1) is 0 Å². The minimum absolute atomic E-state index is 0.300. The molecule has 0 amide bonds. The highest BCUT2D eigenvalue weighted by Gasteiger charge is 2.47. The molecule has 0 bridgehead atoms. The molecule has 1 rings (SSSR count). The lowest BCUT2D eigenvalue weighted by Crippen LogP contribution is -2.49. The number of carbonyl (C=O) groups excluding carboxylic acids is 3. The summed E-state index contributed by atoms with van der Waals surface area (Å²) >= 11 is 0. The van der Waals surface area contributed by atoms with Crippen LogP contribution >= 0.6 is 0 Å². The third-order valence-electron chi connectivity index (χ3n) is 2.55. The zero-order valence-electron chi connectivity index (χ0n) is 11.2. The van der Waals surface area contributed by atoms with Crippen molar-refractivity contribution in [1.82, 2.24) is 0 Å². The fraction of sp³-hybridized carbons (Fsp3) is 0.500. The number of ketones is 1. The third-order valence-corrected chi connectivity index (χ3v) is 2.55. The number of unbranched alkanes of at least 4 members (excludes halogenated alkanes) is 1. The van der Waals surface area contributed by atoms with Gasteiger partial charge in [-0.15, -0.1) is 12.3 Å². The van der Waals surface area contributed by atoms with Gasteiger partial charge in [-0.25, -0.2) is 0 Å². The number of rotatable bonds is 4. The van der Waals surface area contributed by atoms with Crippen molar-refractivity contribution in [2.45, 2.75) is 39.4 Å². The van der Waals surface area contributed by atoms with E-state index in [1.54, 1.807) is 6.08 Å². The summed E-state index contributed by atoms with van der Waals surface area (Å²) in [6, 6.07) is 0. The SMILES string of the molecule is C#CCC/C=C(\C)C(=O)C1C(=O)OC(C)(C)OC1=O. The molecule has 0 unspecified atom stereocenters. The summed E-state index contributed by atoms with van der Waals surface area (Å²) < 4.78 is 9.78. The van der Waals surface area contributed by atoms with Crippen molar-refractivity contribution in [1.29, 1.82) is 0 Å². The molecule has 102 valence electrons. The molecule has 1 saturated heterocycles. The molecule has 0 N–H and O–H groups in total. The largest absolute Gasteiger partial charge is 0.422 e. The van der Waals surface area contributed by atoms with Gasteiger partial charge in [0.15, 0.2) is 5.78 Å². The number of terminal acetylenes is 1. The van der Waals surface area contributed by atoms with Crippen LogP contribution in [0.4, 0.5) is 0 Å². The predicted molar refractivity (Wildman–Crippen MR) is 66.6 cm³/mol. The summed E-state index contributed by atoms with van der Waals surface area (Å²) in [5.41, 5.74) is 0.300. The maximum atomic E-state index is 12.0. The Bertz CT molecular complexity index is 459. The number of ether oxygens (including phenoxy) is 2. The molecule has 0 spiro atoms. The van der Waals surface area contributed by atoms with Crippen LogP contribution in [0.25, 0.3) is 0 Å². The number of esters is 2. The lowest BCUT2D eigenvalue weighted by Gasteiger charge is -2.32. The Morgan fingerprint density at radius 3 is 2.37 bits per heavy atom. The Labute approximate surface area is 111 Å². The van der Waals surface area contributed by atoms with E-state index in [0.29, 0.717) is 18.4 Å². The normalized spacial score (nSPS) is 19.4. The highest BCUT2D eigenvalue weighted by Crippen LogP contribution is 2.25. The zero-order valence-corrected chi connectivity index (χ0v) is 11.2. The fourth-order valence-electron chi connectivity index (χ4n) is 1.63. The molecule has 0 aliphatic carbocycles. The van der Waals surface area contributed by atoms with Gasteiger partial charge in [0, 0.05) is 20.3 Å². The number of carbonyl (C=O) groups is 3. The average Bonchev–Trinajstić information content (AvgIpc) is 2.26. The first-order valence-corrected chi connectivity index (χ1v) is 5.88. The van der Waals surface area contributed by atoms with Crippen LogP contribution in [0.5, 0.6) is 0 Å². The van der Waals surface area contributed by atoms with E-state index in [4.69, 9.17) is 15.9 Å². The minimum atomic E-state index is -1.53. The summed E-state index contributed by atoms with van der Waals surface area (Å²) in [5, 5.41) is 0. The second kappa shape index (κ2) is 5.70. The van der Waals surface area contributed by atoms with Gasteiger partial charge in [0.2, 0.25) is 5.92 Å². The van der Waals surface area contributed by atoms with E-state index in [9.17, 15) is 14.4 Å². The van der Waals surface area contributed by atoms with Gasteiger partial charge in [-0.1, -0.05) is 6.08 Å². The molecule has 1 aliphatic rings. The van der Waals surface area contributed by atoms with Crippen molar-refractivity contribution in [3.63, 3.8) is 0 Å². The van der Waals surface area contributed by atoms with Crippen molar-refractivity contribution >= 4 is 17.7 Å². The first-order valence-electron chi connectivity index (χ1n) is 5.88. The topological polar surface area (TPSA) is 69.7 Å². The smallest absolute Gasteiger partial charge is 0.331 e. The summed E-state index contributed by atoms with van der Waals surface area (Å²) in [5.74, 6) is -2.80. The molecule has 5 nitrogen and oxygen atoms in total. The van der Waals surface area contributed by atoms with Gasteiger partial charge in [-0.2, -0.15) is 0 Å². The monoisotopic (exact) mass is 264 g/mol. The minimum Gasteiger partial charge on any atom is -0.422 e. The van der Waals surface area contributed by atoms with Gasteiger partial charge < -0.3 is 9.47 Å². The Hall–Kier alpha value is -2.09. The molecule has 0 radical (unpaired) electrons. The molecule has 0 aromatic carbocycles. The van der Waals surface area contributed by atoms with E-state index in [0.717, 1.165) is 0 Å². The van der Waals surface area contributed by atoms with Crippen LogP contribution in [0.15, 0.2) is 11.6 Å². The highest BCUT2D eigenvalue weighted by molar-refractivity contribution is 6.21. The summed E-state index contributed by atoms with van der Waals surface area (Å²) in [6.07, 6.45) is 7.69. The van der Waals surface area contributed by atoms with Gasteiger partial charge in [0.1, 0.15) is 0 Å². The molecule has 1 fully saturated rings. The van der Waals surface area contributed by atoms with E-state index in [2.05, 4.69) is 5.92 Å². The van der Waals surface area contributed by atoms with Crippen LogP contribution in [-0.2, 0) is 23.9 Å². The Morgan fingerprint density at radius 1 is 1.37 bits per heavy atom. The molecule has 0 aromatic heterocycles. The van der Waals surface area contributed by atoms with Crippen LogP contribution in [0.3, 0.4) is 0 Å². The van der Waals surface area contributed by atoms with E-state index < -0.39 is 29.4 Å². The maximum Gasteiger partial charge on any atom is 0.331 e. The number of cyclic esters (lactones) is 2. The Balaban J connectivity index is 2.83. The number of allylic oxidation sites excluding steroid dienone is 2. The van der Waals surface area contributed by atoms with Crippen LogP contribution in [0, 0.1) is 18.3 Å². The number of hydrogen-bond donors (Lipinski definition) is 0. The van der Waals surface area contributed by atoms with E-state index in [1.165, 1.54) is 20.8 Å². The quantitative estimate of drug-likeness (QED) is 0.252. The van der Waals surface area contributed by atoms with Crippen molar-refractivity contribution in [3.8, 4) is 12.3 Å². The summed E-state index contributed by atoms with van der Waals surface area (Å²) in [6.45, 7) is 4.39. The van der Waals surface area contributed by atoms with E-state index in [1.807, 2.05) is 0 Å². The van der Waals surface area contributed by atoms with Gasteiger partial charge in [0.25, 0.3) is 5.79 Å². The molecule has 0 saturated carbocycles. The highest BCUT2D eigenvalue weighted by atomic mass is 16.7. The van der Waals surface area contributed by atoms with Gasteiger partial charge in [-0.05, 0) is 18.9 Å². The van der Waals surface area contributed by atoms with Crippen LogP contribution in [0.2, 0.25) is 0 Å². The number of Topliss-reactive ketones (excluding diaryl/α,β-unsaturated/α-hetero) is 1. The molecule has 19 heavy (non-hydrogen) atoms.